The Hall–Kier alpha value is -0.100. The van der Waals surface area contributed by atoms with Gasteiger partial charge < -0.3 is 0 Å². The van der Waals surface area contributed by atoms with Gasteiger partial charge in [0, 0.05) is 10.7 Å². The highest BCUT2D eigenvalue weighted by molar-refractivity contribution is 14.1. The maximum atomic E-state index is 4.29. The van der Waals surface area contributed by atoms with E-state index in [9.17, 15) is 0 Å². The molecule has 0 spiro atoms. The Morgan fingerprint density at radius 3 is 3.08 bits per heavy atom. The van der Waals surface area contributed by atoms with E-state index in [1.807, 2.05) is 12.4 Å². The molecule has 0 bridgehead atoms. The highest BCUT2D eigenvalue weighted by Crippen LogP contribution is 2.18. The predicted molar refractivity (Wildman–Crippen MR) is 60.3 cm³/mol. The van der Waals surface area contributed by atoms with E-state index in [4.69, 9.17) is 0 Å². The number of halogens is 2. The molecule has 0 fully saturated rings. The summed E-state index contributed by atoms with van der Waals surface area (Å²) < 4.78 is 4.29. The third-order valence-electron chi connectivity index (χ3n) is 1.71. The average molecular weight is 337 g/mol. The maximum absolute atomic E-state index is 4.29. The zero-order chi connectivity index (χ0) is 8.72. The third-order valence-corrected chi connectivity index (χ3v) is 2.94. The Morgan fingerprint density at radius 1 is 1.58 bits per heavy atom. The van der Waals surface area contributed by atoms with E-state index in [1.54, 1.807) is 0 Å². The SMILES string of the molecule is Cc1cc(Br)cn2c(I)cnc12. The second kappa shape index (κ2) is 2.99. The van der Waals surface area contributed by atoms with Gasteiger partial charge in [0.25, 0.3) is 0 Å². The summed E-state index contributed by atoms with van der Waals surface area (Å²) in [5.74, 6) is 0. The zero-order valence-corrected chi connectivity index (χ0v) is 10.1. The molecule has 12 heavy (non-hydrogen) atoms. The topological polar surface area (TPSA) is 17.3 Å². The molecule has 0 radical (unpaired) electrons. The van der Waals surface area contributed by atoms with Gasteiger partial charge in [-0.25, -0.2) is 4.98 Å². The van der Waals surface area contributed by atoms with Gasteiger partial charge in [-0.2, -0.15) is 0 Å². The highest BCUT2D eigenvalue weighted by Gasteiger charge is 2.03. The molecular formula is C8H6BrIN2. The van der Waals surface area contributed by atoms with Gasteiger partial charge in [-0.15, -0.1) is 0 Å². The van der Waals surface area contributed by atoms with Gasteiger partial charge in [0.15, 0.2) is 0 Å². The van der Waals surface area contributed by atoms with E-state index >= 15 is 0 Å². The quantitative estimate of drug-likeness (QED) is 0.676. The van der Waals surface area contributed by atoms with Crippen molar-refractivity contribution in [3.8, 4) is 0 Å². The molecule has 0 amide bonds. The van der Waals surface area contributed by atoms with Crippen molar-refractivity contribution in [1.29, 1.82) is 0 Å². The van der Waals surface area contributed by atoms with E-state index in [1.165, 1.54) is 5.56 Å². The number of hydrogen-bond donors (Lipinski definition) is 0. The molecule has 2 rings (SSSR count). The smallest absolute Gasteiger partial charge is 0.140 e. The molecule has 0 unspecified atom stereocenters. The summed E-state index contributed by atoms with van der Waals surface area (Å²) in [7, 11) is 0. The van der Waals surface area contributed by atoms with Gasteiger partial charge in [0.05, 0.1) is 6.20 Å². The van der Waals surface area contributed by atoms with Crippen molar-refractivity contribution in [2.75, 3.05) is 0 Å². The van der Waals surface area contributed by atoms with Gasteiger partial charge in [0.1, 0.15) is 9.35 Å². The molecule has 62 valence electrons. The van der Waals surface area contributed by atoms with Gasteiger partial charge in [0.2, 0.25) is 0 Å². The number of fused-ring (bicyclic) bond motifs is 1. The van der Waals surface area contributed by atoms with Crippen LogP contribution in [-0.2, 0) is 0 Å². The molecule has 0 N–H and O–H groups in total. The van der Waals surface area contributed by atoms with Crippen LogP contribution in [0.15, 0.2) is 22.9 Å². The van der Waals surface area contributed by atoms with Crippen molar-refractivity contribution in [2.45, 2.75) is 6.92 Å². The van der Waals surface area contributed by atoms with Crippen LogP contribution in [0.5, 0.6) is 0 Å². The number of nitrogens with zero attached hydrogens (tertiary/aromatic N) is 2. The van der Waals surface area contributed by atoms with E-state index < -0.39 is 0 Å². The van der Waals surface area contributed by atoms with E-state index in [2.05, 4.69) is 60.9 Å². The van der Waals surface area contributed by atoms with E-state index in [0.717, 1.165) is 13.8 Å². The number of rotatable bonds is 0. The lowest BCUT2D eigenvalue weighted by atomic mass is 10.3. The van der Waals surface area contributed by atoms with Crippen LogP contribution in [-0.4, -0.2) is 9.38 Å². The van der Waals surface area contributed by atoms with Crippen molar-refractivity contribution < 1.29 is 0 Å². The monoisotopic (exact) mass is 336 g/mol. The first kappa shape index (κ1) is 8.50. The number of aryl methyl sites for hydroxylation is 1. The summed E-state index contributed by atoms with van der Waals surface area (Å²) in [5.41, 5.74) is 2.22. The van der Waals surface area contributed by atoms with Gasteiger partial charge in [-0.1, -0.05) is 0 Å². The second-order valence-electron chi connectivity index (χ2n) is 2.62. The molecule has 0 saturated heterocycles. The van der Waals surface area contributed by atoms with Crippen molar-refractivity contribution in [3.05, 3.63) is 32.2 Å². The molecule has 0 saturated carbocycles. The lowest BCUT2D eigenvalue weighted by Crippen LogP contribution is -1.89. The fourth-order valence-corrected chi connectivity index (χ4v) is 2.24. The lowest BCUT2D eigenvalue weighted by Gasteiger charge is -1.99. The van der Waals surface area contributed by atoms with Crippen LogP contribution < -0.4 is 0 Å². The van der Waals surface area contributed by atoms with Crippen molar-refractivity contribution >= 4 is 44.2 Å². The Labute approximate surface area is 92.3 Å². The van der Waals surface area contributed by atoms with Crippen LogP contribution in [0.1, 0.15) is 5.56 Å². The first-order valence-electron chi connectivity index (χ1n) is 3.47. The van der Waals surface area contributed by atoms with Crippen molar-refractivity contribution in [2.24, 2.45) is 0 Å². The Bertz CT molecular complexity index is 436. The minimum atomic E-state index is 1.03. The first-order valence-corrected chi connectivity index (χ1v) is 5.34. The normalized spacial score (nSPS) is 10.9. The van der Waals surface area contributed by atoms with Gasteiger partial charge >= 0.3 is 0 Å². The Balaban J connectivity index is 2.92. The number of imidazole rings is 1. The van der Waals surface area contributed by atoms with E-state index in [0.29, 0.717) is 0 Å². The summed E-state index contributed by atoms with van der Waals surface area (Å²) in [5, 5.41) is 0. The Morgan fingerprint density at radius 2 is 2.33 bits per heavy atom. The molecule has 0 atom stereocenters. The molecule has 2 nitrogen and oxygen atoms in total. The molecule has 2 aromatic heterocycles. The summed E-state index contributed by atoms with van der Waals surface area (Å²) in [6.07, 6.45) is 3.90. The Kier molecular flexibility index (Phi) is 2.12. The lowest BCUT2D eigenvalue weighted by molar-refractivity contribution is 1.12. The number of hydrogen-bond acceptors (Lipinski definition) is 1. The second-order valence-corrected chi connectivity index (χ2v) is 4.64. The molecule has 0 aliphatic rings. The highest BCUT2D eigenvalue weighted by atomic mass is 127. The van der Waals surface area contributed by atoms with Gasteiger partial charge in [-0.3, -0.25) is 4.40 Å². The molecule has 0 aromatic carbocycles. The van der Waals surface area contributed by atoms with Crippen LogP contribution in [0.4, 0.5) is 0 Å². The summed E-state index contributed by atoms with van der Waals surface area (Å²) in [6, 6.07) is 2.07. The molecule has 2 heterocycles. The van der Waals surface area contributed by atoms with Crippen LogP contribution in [0.25, 0.3) is 5.65 Å². The fourth-order valence-electron chi connectivity index (χ4n) is 1.19. The molecular weight excluding hydrogens is 331 g/mol. The molecule has 0 aliphatic carbocycles. The van der Waals surface area contributed by atoms with E-state index in [-0.39, 0.29) is 0 Å². The van der Waals surface area contributed by atoms with Crippen molar-refractivity contribution in [1.82, 2.24) is 9.38 Å². The predicted octanol–water partition coefficient (Wildman–Crippen LogP) is 3.01. The first-order chi connectivity index (χ1) is 5.68. The summed E-state index contributed by atoms with van der Waals surface area (Å²) >= 11 is 5.72. The van der Waals surface area contributed by atoms with Gasteiger partial charge in [-0.05, 0) is 57.1 Å². The summed E-state index contributed by atoms with van der Waals surface area (Å²) in [6.45, 7) is 2.06. The zero-order valence-electron chi connectivity index (χ0n) is 6.38. The van der Waals surface area contributed by atoms with Crippen LogP contribution in [0.2, 0.25) is 0 Å². The standard InChI is InChI=1S/C8H6BrIN2/c1-5-2-6(9)4-12-7(10)3-11-8(5)12/h2-4H,1H3. The molecule has 2 aromatic rings. The largest absolute Gasteiger partial charge is 0.294 e. The van der Waals surface area contributed by atoms with Crippen molar-refractivity contribution in [3.63, 3.8) is 0 Å². The molecule has 4 heteroatoms. The van der Waals surface area contributed by atoms with Crippen LogP contribution in [0.3, 0.4) is 0 Å². The van der Waals surface area contributed by atoms with Crippen LogP contribution >= 0.6 is 38.5 Å². The minimum absolute atomic E-state index is 1.03. The summed E-state index contributed by atoms with van der Waals surface area (Å²) in [4.78, 5) is 4.29. The van der Waals surface area contributed by atoms with Crippen LogP contribution in [0, 0.1) is 10.6 Å². The number of pyridine rings is 1. The minimum Gasteiger partial charge on any atom is -0.294 e. The molecule has 0 aliphatic heterocycles. The number of aromatic nitrogens is 2. The maximum Gasteiger partial charge on any atom is 0.140 e. The fraction of sp³-hybridized carbons (Fsp3) is 0.125. The average Bonchev–Trinajstić information content (AvgIpc) is 2.33. The third kappa shape index (κ3) is 1.26.